The molecule has 1 saturated heterocycles. The normalized spacial score (nSPS) is 17.5. The lowest BCUT2D eigenvalue weighted by Crippen LogP contribution is -2.35. The highest BCUT2D eigenvalue weighted by Gasteiger charge is 2.24. The Morgan fingerprint density at radius 1 is 1.52 bits per heavy atom. The molecule has 1 fully saturated rings. The second kappa shape index (κ2) is 7.03. The van der Waals surface area contributed by atoms with Crippen molar-refractivity contribution in [3.63, 3.8) is 0 Å². The molecular weight excluding hydrogens is 274 g/mol. The van der Waals surface area contributed by atoms with Gasteiger partial charge in [0.25, 0.3) is 11.6 Å². The fraction of sp³-hybridized carbons (Fsp3) is 0.500. The van der Waals surface area contributed by atoms with Crippen molar-refractivity contribution in [3.8, 4) is 0 Å². The van der Waals surface area contributed by atoms with Crippen LogP contribution >= 0.6 is 0 Å². The monoisotopic (exact) mass is 293 g/mol. The molecule has 0 aromatic heterocycles. The molecule has 0 aliphatic carbocycles. The van der Waals surface area contributed by atoms with Crippen molar-refractivity contribution in [2.45, 2.75) is 25.8 Å². The number of hydrogen-bond acceptors (Lipinski definition) is 5. The van der Waals surface area contributed by atoms with Crippen molar-refractivity contribution in [2.24, 2.45) is 0 Å². The summed E-state index contributed by atoms with van der Waals surface area (Å²) in [5.41, 5.74) is 0.594. The Hall–Kier alpha value is -2.15. The van der Waals surface area contributed by atoms with Gasteiger partial charge in [0.2, 0.25) is 0 Å². The number of hydrogen-bond donors (Lipinski definition) is 2. The molecule has 7 nitrogen and oxygen atoms in total. The average molecular weight is 293 g/mol. The molecule has 1 aliphatic rings. The molecule has 0 saturated carbocycles. The number of benzene rings is 1. The summed E-state index contributed by atoms with van der Waals surface area (Å²) in [6.07, 6.45) is 1.66. The number of carbonyl (C=O) groups excluding carboxylic acids is 1. The smallest absolute Gasteiger partial charge is 0.282 e. The van der Waals surface area contributed by atoms with E-state index in [0.29, 0.717) is 18.9 Å². The molecule has 2 rings (SSSR count). The van der Waals surface area contributed by atoms with Crippen LogP contribution in [0.4, 0.5) is 11.4 Å². The number of ether oxygens (including phenoxy) is 1. The van der Waals surface area contributed by atoms with Gasteiger partial charge in [-0.1, -0.05) is 6.92 Å². The lowest BCUT2D eigenvalue weighted by molar-refractivity contribution is -0.385. The molecule has 0 radical (unpaired) electrons. The fourth-order valence-electron chi connectivity index (χ4n) is 2.17. The van der Waals surface area contributed by atoms with Gasteiger partial charge in [0.15, 0.2) is 0 Å². The van der Waals surface area contributed by atoms with E-state index < -0.39 is 10.8 Å². The fourth-order valence-corrected chi connectivity index (χ4v) is 2.17. The number of anilines is 1. The lowest BCUT2D eigenvalue weighted by Gasteiger charge is -2.12. The van der Waals surface area contributed by atoms with E-state index in [9.17, 15) is 14.9 Å². The molecule has 1 aliphatic heterocycles. The molecule has 1 aromatic rings. The third kappa shape index (κ3) is 3.91. The summed E-state index contributed by atoms with van der Waals surface area (Å²) in [4.78, 5) is 22.8. The Kier molecular flexibility index (Phi) is 5.10. The summed E-state index contributed by atoms with van der Waals surface area (Å²) in [6.45, 7) is 3.82. The molecule has 1 heterocycles. The molecule has 7 heteroatoms. The van der Waals surface area contributed by atoms with Gasteiger partial charge in [0, 0.05) is 24.9 Å². The maximum atomic E-state index is 12.3. The number of rotatable bonds is 6. The van der Waals surface area contributed by atoms with Gasteiger partial charge in [-0.2, -0.15) is 0 Å². The van der Waals surface area contributed by atoms with Crippen LogP contribution < -0.4 is 10.6 Å². The van der Waals surface area contributed by atoms with Crippen molar-refractivity contribution in [3.05, 3.63) is 33.9 Å². The van der Waals surface area contributed by atoms with Crippen LogP contribution in [0.1, 0.15) is 30.1 Å². The quantitative estimate of drug-likeness (QED) is 0.617. The predicted molar refractivity (Wildman–Crippen MR) is 78.6 cm³/mol. The number of nitro benzene ring substituents is 1. The van der Waals surface area contributed by atoms with E-state index in [1.165, 1.54) is 12.1 Å². The molecule has 1 unspecified atom stereocenters. The number of carbonyl (C=O) groups is 1. The molecule has 0 bridgehead atoms. The molecular formula is C14H19N3O4. The van der Waals surface area contributed by atoms with E-state index in [-0.39, 0.29) is 17.3 Å². The molecule has 21 heavy (non-hydrogen) atoms. The zero-order chi connectivity index (χ0) is 15.2. The van der Waals surface area contributed by atoms with Gasteiger partial charge in [-0.05, 0) is 25.0 Å². The van der Waals surface area contributed by atoms with Gasteiger partial charge in [0.05, 0.1) is 17.6 Å². The first-order valence-corrected chi connectivity index (χ1v) is 7.02. The first-order chi connectivity index (χ1) is 10.1. The lowest BCUT2D eigenvalue weighted by atomic mass is 10.1. The Bertz CT molecular complexity index is 527. The predicted octanol–water partition coefficient (Wildman–Crippen LogP) is 1.94. The zero-order valence-electron chi connectivity index (χ0n) is 11.9. The summed E-state index contributed by atoms with van der Waals surface area (Å²) in [6, 6.07) is 4.42. The summed E-state index contributed by atoms with van der Waals surface area (Å²) < 4.78 is 5.19. The minimum absolute atomic E-state index is 0.0769. The molecule has 1 amide bonds. The third-order valence-corrected chi connectivity index (χ3v) is 3.28. The average Bonchev–Trinajstić information content (AvgIpc) is 2.97. The van der Waals surface area contributed by atoms with Crippen LogP contribution in [0.5, 0.6) is 0 Å². The minimum atomic E-state index is -0.538. The van der Waals surface area contributed by atoms with E-state index in [1.807, 2.05) is 6.92 Å². The molecule has 114 valence electrons. The first kappa shape index (κ1) is 15.2. The number of nitro groups is 1. The van der Waals surface area contributed by atoms with E-state index in [2.05, 4.69) is 10.6 Å². The minimum Gasteiger partial charge on any atom is -0.385 e. The molecule has 2 N–H and O–H groups in total. The van der Waals surface area contributed by atoms with Gasteiger partial charge >= 0.3 is 0 Å². The molecule has 1 atom stereocenters. The van der Waals surface area contributed by atoms with Gasteiger partial charge in [-0.3, -0.25) is 14.9 Å². The Morgan fingerprint density at radius 3 is 2.95 bits per heavy atom. The standard InChI is InChI=1S/C14H19N3O4/c1-2-6-15-10-3-4-13(17(19)20)12(8-10)14(18)16-11-5-7-21-9-11/h3-4,8,11,15H,2,5-7,9H2,1H3,(H,16,18). The highest BCUT2D eigenvalue weighted by Crippen LogP contribution is 2.23. The van der Waals surface area contributed by atoms with E-state index in [1.54, 1.807) is 6.07 Å². The van der Waals surface area contributed by atoms with Gasteiger partial charge in [0.1, 0.15) is 5.56 Å². The SMILES string of the molecule is CCCNc1ccc([N+](=O)[O-])c(C(=O)NC2CCOC2)c1. The zero-order valence-corrected chi connectivity index (χ0v) is 11.9. The van der Waals surface area contributed by atoms with Crippen LogP contribution in [0.25, 0.3) is 0 Å². The number of amides is 1. The van der Waals surface area contributed by atoms with E-state index in [4.69, 9.17) is 4.74 Å². The van der Waals surface area contributed by atoms with Crippen molar-refractivity contribution < 1.29 is 14.5 Å². The van der Waals surface area contributed by atoms with Crippen molar-refractivity contribution in [1.29, 1.82) is 0 Å². The highest BCUT2D eigenvalue weighted by molar-refractivity contribution is 5.99. The second-order valence-corrected chi connectivity index (χ2v) is 4.95. The summed E-state index contributed by atoms with van der Waals surface area (Å²) in [5, 5.41) is 17.0. The van der Waals surface area contributed by atoms with Crippen molar-refractivity contribution in [1.82, 2.24) is 5.32 Å². The largest absolute Gasteiger partial charge is 0.385 e. The van der Waals surface area contributed by atoms with E-state index >= 15 is 0 Å². The maximum absolute atomic E-state index is 12.3. The Labute approximate surface area is 122 Å². The first-order valence-electron chi connectivity index (χ1n) is 7.02. The van der Waals surface area contributed by atoms with Gasteiger partial charge < -0.3 is 15.4 Å². The van der Waals surface area contributed by atoms with Crippen LogP contribution in [0.3, 0.4) is 0 Å². The highest BCUT2D eigenvalue weighted by atomic mass is 16.6. The number of nitrogens with one attached hydrogen (secondary N) is 2. The summed E-state index contributed by atoms with van der Waals surface area (Å²) in [7, 11) is 0. The van der Waals surface area contributed by atoms with Crippen LogP contribution in [0.15, 0.2) is 18.2 Å². The van der Waals surface area contributed by atoms with Crippen molar-refractivity contribution in [2.75, 3.05) is 25.1 Å². The Balaban J connectivity index is 2.20. The van der Waals surface area contributed by atoms with Crippen LogP contribution in [-0.4, -0.2) is 36.6 Å². The van der Waals surface area contributed by atoms with Crippen LogP contribution in [0.2, 0.25) is 0 Å². The summed E-state index contributed by atoms with van der Waals surface area (Å²) >= 11 is 0. The number of nitrogens with zero attached hydrogens (tertiary/aromatic N) is 1. The third-order valence-electron chi connectivity index (χ3n) is 3.28. The van der Waals surface area contributed by atoms with Crippen LogP contribution in [-0.2, 0) is 4.74 Å². The van der Waals surface area contributed by atoms with Crippen LogP contribution in [0, 0.1) is 10.1 Å². The Morgan fingerprint density at radius 2 is 2.33 bits per heavy atom. The topological polar surface area (TPSA) is 93.5 Å². The maximum Gasteiger partial charge on any atom is 0.282 e. The van der Waals surface area contributed by atoms with Crippen molar-refractivity contribution >= 4 is 17.3 Å². The molecule has 1 aromatic carbocycles. The summed E-state index contributed by atoms with van der Waals surface area (Å²) in [5.74, 6) is -0.433. The van der Waals surface area contributed by atoms with Gasteiger partial charge in [-0.25, -0.2) is 0 Å². The molecule has 0 spiro atoms. The van der Waals surface area contributed by atoms with E-state index in [0.717, 1.165) is 19.4 Å². The second-order valence-electron chi connectivity index (χ2n) is 4.95. The van der Waals surface area contributed by atoms with Gasteiger partial charge in [-0.15, -0.1) is 0 Å².